The molecule has 1 aromatic rings. The second-order valence-corrected chi connectivity index (χ2v) is 4.11. The number of aromatic nitrogens is 2. The van der Waals surface area contributed by atoms with Crippen molar-refractivity contribution in [3.63, 3.8) is 0 Å². The smallest absolute Gasteiger partial charge is 0.133 e. The van der Waals surface area contributed by atoms with E-state index in [-0.39, 0.29) is 0 Å². The van der Waals surface area contributed by atoms with E-state index in [1.165, 1.54) is 0 Å². The topological polar surface area (TPSA) is 25.8 Å². The molecule has 0 aliphatic heterocycles. The fourth-order valence-corrected chi connectivity index (χ4v) is 1.30. The van der Waals surface area contributed by atoms with E-state index in [1.54, 1.807) is 6.07 Å². The zero-order valence-corrected chi connectivity index (χ0v) is 9.26. The van der Waals surface area contributed by atoms with Gasteiger partial charge in [-0.05, 0) is 18.9 Å². The SMILES string of the molecule is Cc1cc(Cl)nc(C(C)C(C)C)n1. The van der Waals surface area contributed by atoms with E-state index in [0.29, 0.717) is 17.0 Å². The molecule has 0 aliphatic rings. The highest BCUT2D eigenvalue weighted by Crippen LogP contribution is 2.21. The lowest BCUT2D eigenvalue weighted by molar-refractivity contribution is 0.509. The third-order valence-electron chi connectivity index (χ3n) is 2.25. The number of rotatable bonds is 2. The van der Waals surface area contributed by atoms with Crippen molar-refractivity contribution in [2.24, 2.45) is 5.92 Å². The molecular weight excluding hydrogens is 184 g/mol. The van der Waals surface area contributed by atoms with Crippen LogP contribution in [0.1, 0.15) is 38.2 Å². The summed E-state index contributed by atoms with van der Waals surface area (Å²) in [6.07, 6.45) is 0. The summed E-state index contributed by atoms with van der Waals surface area (Å²) in [5.74, 6) is 1.75. The Labute approximate surface area is 84.4 Å². The quantitative estimate of drug-likeness (QED) is 0.683. The molecule has 0 aromatic carbocycles. The zero-order valence-electron chi connectivity index (χ0n) is 8.50. The summed E-state index contributed by atoms with van der Waals surface area (Å²) in [5, 5.41) is 0.537. The number of hydrogen-bond acceptors (Lipinski definition) is 2. The number of nitrogens with zero attached hydrogens (tertiary/aromatic N) is 2. The predicted molar refractivity (Wildman–Crippen MR) is 55.0 cm³/mol. The maximum absolute atomic E-state index is 5.85. The van der Waals surface area contributed by atoms with Crippen molar-refractivity contribution in [1.29, 1.82) is 0 Å². The Bertz CT molecular complexity index is 277. The summed E-state index contributed by atoms with van der Waals surface area (Å²) in [7, 11) is 0. The van der Waals surface area contributed by atoms with Crippen LogP contribution in [0.5, 0.6) is 0 Å². The molecule has 0 radical (unpaired) electrons. The Morgan fingerprint density at radius 1 is 1.23 bits per heavy atom. The van der Waals surface area contributed by atoms with Crippen molar-refractivity contribution in [1.82, 2.24) is 9.97 Å². The van der Waals surface area contributed by atoms with Crippen LogP contribution in [0.15, 0.2) is 6.07 Å². The molecule has 1 aromatic heterocycles. The summed E-state index contributed by atoms with van der Waals surface area (Å²) >= 11 is 5.85. The molecule has 1 rings (SSSR count). The van der Waals surface area contributed by atoms with E-state index in [4.69, 9.17) is 11.6 Å². The molecule has 2 nitrogen and oxygen atoms in total. The standard InChI is InChI=1S/C10H15ClN2/c1-6(2)8(4)10-12-7(3)5-9(11)13-10/h5-6,8H,1-4H3. The highest BCUT2D eigenvalue weighted by Gasteiger charge is 2.13. The second-order valence-electron chi connectivity index (χ2n) is 3.72. The fourth-order valence-electron chi connectivity index (χ4n) is 1.05. The number of aryl methyl sites for hydroxylation is 1. The van der Waals surface area contributed by atoms with Crippen LogP contribution in [0, 0.1) is 12.8 Å². The van der Waals surface area contributed by atoms with Crippen LogP contribution in [0.2, 0.25) is 5.15 Å². The van der Waals surface area contributed by atoms with Crippen LogP contribution >= 0.6 is 11.6 Å². The Hall–Kier alpha value is -0.630. The van der Waals surface area contributed by atoms with Gasteiger partial charge in [0, 0.05) is 11.6 Å². The summed E-state index contributed by atoms with van der Waals surface area (Å²) < 4.78 is 0. The fraction of sp³-hybridized carbons (Fsp3) is 0.600. The average Bonchev–Trinajstić information content (AvgIpc) is 2.01. The van der Waals surface area contributed by atoms with Crippen molar-refractivity contribution >= 4 is 11.6 Å². The lowest BCUT2D eigenvalue weighted by Gasteiger charge is -2.14. The van der Waals surface area contributed by atoms with Crippen LogP contribution in [0.4, 0.5) is 0 Å². The maximum atomic E-state index is 5.85. The highest BCUT2D eigenvalue weighted by atomic mass is 35.5. The molecule has 0 saturated heterocycles. The minimum atomic E-state index is 0.359. The summed E-state index contributed by atoms with van der Waals surface area (Å²) in [6.45, 7) is 8.37. The normalized spacial score (nSPS) is 13.4. The van der Waals surface area contributed by atoms with E-state index in [1.807, 2.05) is 6.92 Å². The van der Waals surface area contributed by atoms with Crippen molar-refractivity contribution in [2.45, 2.75) is 33.6 Å². The minimum absolute atomic E-state index is 0.359. The molecule has 0 saturated carbocycles. The van der Waals surface area contributed by atoms with Crippen LogP contribution < -0.4 is 0 Å². The molecule has 0 amide bonds. The van der Waals surface area contributed by atoms with Crippen molar-refractivity contribution in [3.8, 4) is 0 Å². The average molecular weight is 199 g/mol. The molecule has 13 heavy (non-hydrogen) atoms. The van der Waals surface area contributed by atoms with E-state index < -0.39 is 0 Å². The molecule has 1 unspecified atom stereocenters. The van der Waals surface area contributed by atoms with Crippen molar-refractivity contribution < 1.29 is 0 Å². The first-order valence-electron chi connectivity index (χ1n) is 4.51. The van der Waals surface area contributed by atoms with Gasteiger partial charge < -0.3 is 0 Å². The van der Waals surface area contributed by atoms with E-state index in [9.17, 15) is 0 Å². The summed E-state index contributed by atoms with van der Waals surface area (Å²) in [5.41, 5.74) is 0.933. The first-order chi connectivity index (χ1) is 6.00. The highest BCUT2D eigenvalue weighted by molar-refractivity contribution is 6.29. The van der Waals surface area contributed by atoms with E-state index >= 15 is 0 Å². The predicted octanol–water partition coefficient (Wildman–Crippen LogP) is 3.20. The summed E-state index contributed by atoms with van der Waals surface area (Å²) in [4.78, 5) is 8.57. The maximum Gasteiger partial charge on any atom is 0.133 e. The van der Waals surface area contributed by atoms with E-state index in [0.717, 1.165) is 11.5 Å². The Morgan fingerprint density at radius 3 is 2.31 bits per heavy atom. The Morgan fingerprint density at radius 2 is 1.85 bits per heavy atom. The van der Waals surface area contributed by atoms with Gasteiger partial charge in [-0.15, -0.1) is 0 Å². The number of hydrogen-bond donors (Lipinski definition) is 0. The zero-order chi connectivity index (χ0) is 10.0. The molecule has 0 bridgehead atoms. The summed E-state index contributed by atoms with van der Waals surface area (Å²) in [6, 6.07) is 1.78. The van der Waals surface area contributed by atoms with Gasteiger partial charge >= 0.3 is 0 Å². The van der Waals surface area contributed by atoms with Gasteiger partial charge in [0.15, 0.2) is 0 Å². The Kier molecular flexibility index (Phi) is 3.26. The molecule has 72 valence electrons. The molecule has 1 atom stereocenters. The molecule has 0 spiro atoms. The van der Waals surface area contributed by atoms with Gasteiger partial charge in [0.05, 0.1) is 0 Å². The first-order valence-corrected chi connectivity index (χ1v) is 4.89. The molecule has 1 heterocycles. The molecule has 0 fully saturated rings. The van der Waals surface area contributed by atoms with Gasteiger partial charge in [0.1, 0.15) is 11.0 Å². The molecule has 0 N–H and O–H groups in total. The van der Waals surface area contributed by atoms with Gasteiger partial charge in [0.2, 0.25) is 0 Å². The lowest BCUT2D eigenvalue weighted by atomic mass is 9.97. The van der Waals surface area contributed by atoms with Crippen molar-refractivity contribution in [3.05, 3.63) is 22.7 Å². The monoisotopic (exact) mass is 198 g/mol. The van der Waals surface area contributed by atoms with Gasteiger partial charge in [-0.25, -0.2) is 9.97 Å². The largest absolute Gasteiger partial charge is 0.238 e. The molecular formula is C10H15ClN2. The lowest BCUT2D eigenvalue weighted by Crippen LogP contribution is -2.07. The molecule has 3 heteroatoms. The number of halogens is 1. The van der Waals surface area contributed by atoms with Gasteiger partial charge in [0.25, 0.3) is 0 Å². The third kappa shape index (κ3) is 2.66. The van der Waals surface area contributed by atoms with Gasteiger partial charge in [-0.1, -0.05) is 32.4 Å². The van der Waals surface area contributed by atoms with Crippen molar-refractivity contribution in [2.75, 3.05) is 0 Å². The third-order valence-corrected chi connectivity index (χ3v) is 2.44. The molecule has 0 aliphatic carbocycles. The van der Waals surface area contributed by atoms with Gasteiger partial charge in [-0.3, -0.25) is 0 Å². The van der Waals surface area contributed by atoms with Gasteiger partial charge in [-0.2, -0.15) is 0 Å². The van der Waals surface area contributed by atoms with E-state index in [2.05, 4.69) is 30.7 Å². The minimum Gasteiger partial charge on any atom is -0.238 e. The van der Waals surface area contributed by atoms with Crippen LogP contribution in [0.25, 0.3) is 0 Å². The van der Waals surface area contributed by atoms with Crippen LogP contribution in [-0.2, 0) is 0 Å². The van der Waals surface area contributed by atoms with Crippen LogP contribution in [0.3, 0.4) is 0 Å². The van der Waals surface area contributed by atoms with Crippen LogP contribution in [-0.4, -0.2) is 9.97 Å². The second kappa shape index (κ2) is 4.05. The Balaban J connectivity index is 3.01. The first kappa shape index (κ1) is 10.5.